The first-order chi connectivity index (χ1) is 26.1. The van der Waals surface area contributed by atoms with Gasteiger partial charge in [-0.15, -0.1) is 0 Å². The molecule has 3 aromatic rings. The van der Waals surface area contributed by atoms with Crippen molar-refractivity contribution in [3.05, 3.63) is 107 Å². The summed E-state index contributed by atoms with van der Waals surface area (Å²) in [4.78, 5) is 16.1. The molecule has 3 aliphatic rings. The normalized spacial score (nSPS) is 24.5. The fourth-order valence-electron chi connectivity index (χ4n) is 8.10. The number of anilines is 1. The molecule has 296 valence electrons. The molecule has 2 atom stereocenters. The summed E-state index contributed by atoms with van der Waals surface area (Å²) in [5, 5.41) is 0. The Kier molecular flexibility index (Phi) is 12.4. The maximum Gasteiger partial charge on any atom is 0.416 e. The number of aromatic nitrogens is 2. The number of ether oxygens (including phenoxy) is 2. The van der Waals surface area contributed by atoms with E-state index < -0.39 is 35.9 Å². The lowest BCUT2D eigenvalue weighted by molar-refractivity contribution is -0.137. The van der Waals surface area contributed by atoms with Gasteiger partial charge in [0.25, 0.3) is 0 Å². The molecule has 3 heterocycles. The van der Waals surface area contributed by atoms with Crippen LogP contribution in [-0.4, -0.2) is 54.5 Å². The molecule has 2 fully saturated rings. The minimum Gasteiger partial charge on any atom is -0.497 e. The molecule has 0 radical (unpaired) electrons. The number of aliphatic imine (C=N–C) groups is 1. The first kappa shape index (κ1) is 40.5. The molecule has 55 heavy (non-hydrogen) atoms. The Morgan fingerprint density at radius 2 is 1.53 bits per heavy atom. The third-order valence-corrected chi connectivity index (χ3v) is 11.3. The quantitative estimate of drug-likeness (QED) is 0.203. The Labute approximate surface area is 319 Å². The molecule has 1 saturated heterocycles. The van der Waals surface area contributed by atoms with Crippen LogP contribution in [0.5, 0.6) is 5.75 Å². The van der Waals surface area contributed by atoms with Crippen molar-refractivity contribution in [1.29, 1.82) is 0 Å². The van der Waals surface area contributed by atoms with Gasteiger partial charge in [-0.3, -0.25) is 4.99 Å². The molecule has 0 unspecified atom stereocenters. The van der Waals surface area contributed by atoms with Crippen molar-refractivity contribution in [3.63, 3.8) is 0 Å². The number of allylic oxidation sites excluding steroid dienone is 1. The van der Waals surface area contributed by atoms with Gasteiger partial charge in [-0.1, -0.05) is 44.7 Å². The van der Waals surface area contributed by atoms with Gasteiger partial charge >= 0.3 is 6.18 Å². The van der Waals surface area contributed by atoms with Crippen molar-refractivity contribution >= 4 is 11.7 Å². The standard InChI is InChI=1S/C43H50F6N4O2/c1-28-35(55-27-29-6-12-34(54-4)13-7-29)26-41(2,3)20-23-50-39(32-16-24-53(25-17-32)40-51-21-5-22-52-40)37(36(28)30-14-18-42(45,46)19-15-30)38(44)31-8-10-33(11-9-31)43(47,48)49/h5-13,21-22,30,32,35,38H,1,14-20,23-27H2,2-4H3/b37-36+,50-39-/t35-,38-/m0/s1. The number of benzene rings is 2. The summed E-state index contributed by atoms with van der Waals surface area (Å²) in [5.74, 6) is -2.28. The van der Waals surface area contributed by atoms with Gasteiger partial charge in [-0.2, -0.15) is 13.2 Å². The van der Waals surface area contributed by atoms with Gasteiger partial charge in [-0.25, -0.2) is 23.1 Å². The van der Waals surface area contributed by atoms with Crippen LogP contribution in [0.25, 0.3) is 0 Å². The van der Waals surface area contributed by atoms with E-state index >= 15 is 4.39 Å². The SMILES string of the molecule is C=C1/C(C2CCC(F)(F)CC2)=C([C@@H](F)c2ccc(C(F)(F)F)cc2)\C(C2CCN(c3ncccn3)CC2)=N/CCC(C)(C)C[C@@H]1OCc1ccc(OC)cc1. The second kappa shape index (κ2) is 16.9. The maximum absolute atomic E-state index is 17.8. The maximum atomic E-state index is 17.8. The fraction of sp³-hybridized carbons (Fsp3) is 0.512. The fourth-order valence-corrected chi connectivity index (χ4v) is 8.10. The second-order valence-electron chi connectivity index (χ2n) is 15.8. The highest BCUT2D eigenvalue weighted by atomic mass is 19.4. The molecule has 2 aliphatic heterocycles. The number of methoxy groups -OCH3 is 1. The van der Waals surface area contributed by atoms with Gasteiger partial charge in [0.05, 0.1) is 25.4 Å². The lowest BCUT2D eigenvalue weighted by Crippen LogP contribution is -2.39. The highest BCUT2D eigenvalue weighted by Crippen LogP contribution is 2.48. The smallest absolute Gasteiger partial charge is 0.416 e. The van der Waals surface area contributed by atoms with Crippen LogP contribution >= 0.6 is 0 Å². The molecular formula is C43H50F6N4O2. The van der Waals surface area contributed by atoms with Crippen LogP contribution in [-0.2, 0) is 17.5 Å². The van der Waals surface area contributed by atoms with Gasteiger partial charge in [0.1, 0.15) is 5.75 Å². The van der Waals surface area contributed by atoms with Gasteiger partial charge in [-0.05, 0) is 102 Å². The molecule has 1 saturated carbocycles. The molecular weight excluding hydrogens is 718 g/mol. The number of alkyl halides is 6. The van der Waals surface area contributed by atoms with E-state index in [1.54, 1.807) is 25.6 Å². The zero-order valence-electron chi connectivity index (χ0n) is 31.7. The predicted molar refractivity (Wildman–Crippen MR) is 202 cm³/mol. The molecule has 0 N–H and O–H groups in total. The van der Waals surface area contributed by atoms with Gasteiger partial charge in [0.15, 0.2) is 6.17 Å². The molecule has 0 spiro atoms. The lowest BCUT2D eigenvalue weighted by Gasteiger charge is -2.40. The van der Waals surface area contributed by atoms with E-state index in [4.69, 9.17) is 14.5 Å². The Bertz CT molecular complexity index is 1810. The Morgan fingerprint density at radius 3 is 2.13 bits per heavy atom. The van der Waals surface area contributed by atoms with Crippen LogP contribution in [0, 0.1) is 17.3 Å². The van der Waals surface area contributed by atoms with E-state index in [1.165, 1.54) is 12.1 Å². The van der Waals surface area contributed by atoms with E-state index in [2.05, 4.69) is 35.3 Å². The number of piperidine rings is 1. The summed E-state index contributed by atoms with van der Waals surface area (Å²) in [5.41, 5.74) is 1.51. The van der Waals surface area contributed by atoms with E-state index in [0.29, 0.717) is 73.9 Å². The van der Waals surface area contributed by atoms with Gasteiger partial charge < -0.3 is 14.4 Å². The average Bonchev–Trinajstić information content (AvgIpc) is 3.17. The van der Waals surface area contributed by atoms with Crippen molar-refractivity contribution in [3.8, 4) is 5.75 Å². The summed E-state index contributed by atoms with van der Waals surface area (Å²) in [6.45, 7) is 10.6. The summed E-state index contributed by atoms with van der Waals surface area (Å²) < 4.78 is 100. The molecule has 2 aromatic carbocycles. The molecule has 1 aromatic heterocycles. The van der Waals surface area contributed by atoms with Crippen LogP contribution < -0.4 is 9.64 Å². The Hall–Kier alpha value is -4.19. The van der Waals surface area contributed by atoms with E-state index in [9.17, 15) is 22.0 Å². The van der Waals surface area contributed by atoms with Crippen LogP contribution in [0.4, 0.5) is 32.3 Å². The predicted octanol–water partition coefficient (Wildman–Crippen LogP) is 11.0. The van der Waals surface area contributed by atoms with E-state index in [1.807, 2.05) is 24.3 Å². The molecule has 6 nitrogen and oxygen atoms in total. The number of nitrogens with zero attached hydrogens (tertiary/aromatic N) is 4. The largest absolute Gasteiger partial charge is 0.497 e. The number of rotatable bonds is 9. The summed E-state index contributed by atoms with van der Waals surface area (Å²) in [6, 6.07) is 13.3. The molecule has 1 aliphatic carbocycles. The van der Waals surface area contributed by atoms with Crippen molar-refractivity contribution in [2.24, 2.45) is 22.2 Å². The minimum absolute atomic E-state index is 0.0327. The van der Waals surface area contributed by atoms with Crippen molar-refractivity contribution in [2.75, 3.05) is 31.6 Å². The average molecular weight is 769 g/mol. The molecule has 12 heteroatoms. The van der Waals surface area contributed by atoms with E-state index in [-0.39, 0.29) is 54.8 Å². The van der Waals surface area contributed by atoms with Crippen molar-refractivity contribution in [2.45, 2.75) is 96.2 Å². The van der Waals surface area contributed by atoms with Crippen LogP contribution in [0.2, 0.25) is 0 Å². The van der Waals surface area contributed by atoms with Crippen LogP contribution in [0.3, 0.4) is 0 Å². The number of hydrogen-bond acceptors (Lipinski definition) is 6. The first-order valence-electron chi connectivity index (χ1n) is 19.1. The van der Waals surface area contributed by atoms with E-state index in [0.717, 1.165) is 17.7 Å². The molecule has 0 bridgehead atoms. The minimum atomic E-state index is -4.60. The lowest BCUT2D eigenvalue weighted by atomic mass is 9.70. The summed E-state index contributed by atoms with van der Waals surface area (Å²) in [6.07, 6.45) is -1.97. The second-order valence-corrected chi connectivity index (χ2v) is 15.8. The van der Waals surface area contributed by atoms with Gasteiger partial charge in [0, 0.05) is 62.1 Å². The zero-order chi connectivity index (χ0) is 39.4. The van der Waals surface area contributed by atoms with Crippen molar-refractivity contribution in [1.82, 2.24) is 9.97 Å². The first-order valence-corrected chi connectivity index (χ1v) is 19.1. The highest BCUT2D eigenvalue weighted by Gasteiger charge is 2.42. The zero-order valence-corrected chi connectivity index (χ0v) is 31.7. The number of halogens is 6. The highest BCUT2D eigenvalue weighted by molar-refractivity contribution is 6.04. The Morgan fingerprint density at radius 1 is 0.891 bits per heavy atom. The third-order valence-electron chi connectivity index (χ3n) is 11.3. The van der Waals surface area contributed by atoms with Crippen LogP contribution in [0.15, 0.2) is 95.3 Å². The monoisotopic (exact) mass is 768 g/mol. The van der Waals surface area contributed by atoms with Gasteiger partial charge in [0.2, 0.25) is 11.9 Å². The molecule has 6 rings (SSSR count). The van der Waals surface area contributed by atoms with Crippen molar-refractivity contribution < 1.29 is 35.8 Å². The summed E-state index contributed by atoms with van der Waals surface area (Å²) in [7, 11) is 1.59. The topological polar surface area (TPSA) is 59.8 Å². The summed E-state index contributed by atoms with van der Waals surface area (Å²) >= 11 is 0. The van der Waals surface area contributed by atoms with Crippen LogP contribution in [0.1, 0.15) is 88.1 Å². The third kappa shape index (κ3) is 9.98. The molecule has 0 amide bonds. The Balaban J connectivity index is 1.48. The number of hydrogen-bond donors (Lipinski definition) is 0.